The van der Waals surface area contributed by atoms with Crippen LogP contribution in [0.4, 0.5) is 13.2 Å². The second kappa shape index (κ2) is 5.87. The maximum atomic E-state index is 12.7. The fourth-order valence-electron chi connectivity index (χ4n) is 2.64. The van der Waals surface area contributed by atoms with Crippen molar-refractivity contribution in [3.05, 3.63) is 35.4 Å². The third kappa shape index (κ3) is 3.62. The first kappa shape index (κ1) is 15.5. The van der Waals surface area contributed by atoms with E-state index in [0.717, 1.165) is 18.6 Å². The van der Waals surface area contributed by atoms with Gasteiger partial charge in [-0.2, -0.15) is 13.2 Å². The third-order valence-electron chi connectivity index (χ3n) is 3.60. The van der Waals surface area contributed by atoms with Crippen LogP contribution in [-0.4, -0.2) is 29.2 Å². The molecule has 1 saturated heterocycles. The Kier molecular flexibility index (Phi) is 4.34. The third-order valence-corrected chi connectivity index (χ3v) is 3.60. The highest BCUT2D eigenvalue weighted by atomic mass is 19.4. The van der Waals surface area contributed by atoms with Crippen LogP contribution in [-0.2, 0) is 11.0 Å². The normalized spacial score (nSPS) is 18.9. The summed E-state index contributed by atoms with van der Waals surface area (Å²) in [6.45, 7) is 1.93. The predicted octanol–water partition coefficient (Wildman–Crippen LogP) is 3.29. The molecule has 3 nitrogen and oxygen atoms in total. The molecule has 1 aliphatic rings. The fraction of sp³-hybridized carbons (Fsp3) is 0.467. The molecule has 1 aromatic rings. The first-order valence-corrected chi connectivity index (χ1v) is 6.76. The molecule has 6 heteroatoms. The number of halogens is 3. The summed E-state index contributed by atoms with van der Waals surface area (Å²) in [5, 5.41) is 0. The highest BCUT2D eigenvalue weighted by Crippen LogP contribution is 2.30. The smallest absolute Gasteiger partial charge is 0.335 e. The number of amides is 1. The molecule has 0 bridgehead atoms. The van der Waals surface area contributed by atoms with Gasteiger partial charge in [0.05, 0.1) is 5.56 Å². The Hall–Kier alpha value is -1.85. The monoisotopic (exact) mass is 299 g/mol. The summed E-state index contributed by atoms with van der Waals surface area (Å²) in [5.41, 5.74) is -0.823. The summed E-state index contributed by atoms with van der Waals surface area (Å²) in [5.74, 6) is -0.464. The van der Waals surface area contributed by atoms with Crippen molar-refractivity contribution in [3.63, 3.8) is 0 Å². The van der Waals surface area contributed by atoms with Gasteiger partial charge in [-0.05, 0) is 38.0 Å². The van der Waals surface area contributed by atoms with E-state index in [1.807, 2.05) is 0 Å². The second-order valence-corrected chi connectivity index (χ2v) is 5.28. The molecule has 21 heavy (non-hydrogen) atoms. The molecule has 0 spiro atoms. The Morgan fingerprint density at radius 3 is 2.67 bits per heavy atom. The van der Waals surface area contributed by atoms with Crippen molar-refractivity contribution in [1.82, 2.24) is 4.90 Å². The van der Waals surface area contributed by atoms with Gasteiger partial charge in [-0.1, -0.05) is 6.07 Å². The molecule has 0 radical (unpaired) electrons. The summed E-state index contributed by atoms with van der Waals surface area (Å²) in [6, 6.07) is 4.20. The number of carbonyl (C=O) groups excluding carboxylic acids is 2. The SMILES string of the molecule is CC(=O)CC1CCCN1C(=O)c1cccc(C(F)(F)F)c1. The Morgan fingerprint density at radius 1 is 1.33 bits per heavy atom. The summed E-state index contributed by atoms with van der Waals surface area (Å²) in [4.78, 5) is 25.1. The molecule has 0 N–H and O–H groups in total. The van der Waals surface area contributed by atoms with Crippen molar-refractivity contribution in [3.8, 4) is 0 Å². The van der Waals surface area contributed by atoms with Gasteiger partial charge in [0.2, 0.25) is 0 Å². The van der Waals surface area contributed by atoms with Gasteiger partial charge in [-0.15, -0.1) is 0 Å². The molecule has 0 aromatic heterocycles. The maximum Gasteiger partial charge on any atom is 0.416 e. The Bertz CT molecular complexity index is 554. The number of alkyl halides is 3. The molecule has 114 valence electrons. The van der Waals surface area contributed by atoms with Crippen LogP contribution in [0.15, 0.2) is 24.3 Å². The van der Waals surface area contributed by atoms with E-state index in [1.165, 1.54) is 24.0 Å². The number of benzene rings is 1. The highest BCUT2D eigenvalue weighted by Gasteiger charge is 2.33. The molecule has 2 rings (SSSR count). The van der Waals surface area contributed by atoms with Gasteiger partial charge in [-0.3, -0.25) is 9.59 Å². The molecular weight excluding hydrogens is 283 g/mol. The van der Waals surface area contributed by atoms with Crippen molar-refractivity contribution < 1.29 is 22.8 Å². The average Bonchev–Trinajstić information content (AvgIpc) is 2.84. The van der Waals surface area contributed by atoms with Gasteiger partial charge < -0.3 is 4.90 Å². The zero-order chi connectivity index (χ0) is 15.6. The summed E-state index contributed by atoms with van der Waals surface area (Å²) < 4.78 is 38.1. The molecule has 1 aromatic carbocycles. The predicted molar refractivity (Wildman–Crippen MR) is 70.8 cm³/mol. The van der Waals surface area contributed by atoms with E-state index in [1.54, 1.807) is 0 Å². The lowest BCUT2D eigenvalue weighted by Gasteiger charge is -2.24. The van der Waals surface area contributed by atoms with E-state index in [4.69, 9.17) is 0 Å². The summed E-state index contributed by atoms with van der Waals surface area (Å²) >= 11 is 0. The fourth-order valence-corrected chi connectivity index (χ4v) is 2.64. The highest BCUT2D eigenvalue weighted by molar-refractivity contribution is 5.95. The van der Waals surface area contributed by atoms with Crippen LogP contribution in [0.2, 0.25) is 0 Å². The lowest BCUT2D eigenvalue weighted by molar-refractivity contribution is -0.137. The minimum absolute atomic E-state index is 0.0141. The van der Waals surface area contributed by atoms with Crippen LogP contribution in [0.5, 0.6) is 0 Å². The molecule has 0 aliphatic carbocycles. The van der Waals surface area contributed by atoms with Gasteiger partial charge >= 0.3 is 6.18 Å². The standard InChI is InChI=1S/C15H16F3NO2/c1-10(20)8-13-6-3-7-19(13)14(21)11-4-2-5-12(9-11)15(16,17)18/h2,4-5,9,13H,3,6-8H2,1H3. The van der Waals surface area contributed by atoms with Crippen LogP contribution in [0.25, 0.3) is 0 Å². The summed E-state index contributed by atoms with van der Waals surface area (Å²) in [7, 11) is 0. The van der Waals surface area contributed by atoms with Gasteiger partial charge in [0.1, 0.15) is 5.78 Å². The number of Topliss-reactive ketones (excluding diaryl/α,β-unsaturated/α-hetero) is 1. The maximum absolute atomic E-state index is 12.7. The van der Waals surface area contributed by atoms with Crippen LogP contribution in [0.1, 0.15) is 42.1 Å². The molecule has 1 amide bonds. The topological polar surface area (TPSA) is 37.4 Å². The van der Waals surface area contributed by atoms with Crippen LogP contribution in [0, 0.1) is 0 Å². The number of rotatable bonds is 3. The van der Waals surface area contributed by atoms with Gasteiger partial charge in [-0.25, -0.2) is 0 Å². The quantitative estimate of drug-likeness (QED) is 0.859. The van der Waals surface area contributed by atoms with E-state index >= 15 is 0 Å². The van der Waals surface area contributed by atoms with Crippen LogP contribution < -0.4 is 0 Å². The van der Waals surface area contributed by atoms with Gasteiger partial charge in [0.25, 0.3) is 5.91 Å². The molecule has 1 aliphatic heterocycles. The number of hydrogen-bond donors (Lipinski definition) is 0. The van der Waals surface area contributed by atoms with E-state index in [-0.39, 0.29) is 23.8 Å². The van der Waals surface area contributed by atoms with Gasteiger partial charge in [0.15, 0.2) is 0 Å². The van der Waals surface area contributed by atoms with E-state index in [0.29, 0.717) is 13.0 Å². The molecule has 1 fully saturated rings. The van der Waals surface area contributed by atoms with E-state index in [9.17, 15) is 22.8 Å². The van der Waals surface area contributed by atoms with Crippen molar-refractivity contribution in [2.24, 2.45) is 0 Å². The lowest BCUT2D eigenvalue weighted by Crippen LogP contribution is -2.36. The molecule has 0 saturated carbocycles. The Balaban J connectivity index is 2.21. The van der Waals surface area contributed by atoms with Crippen molar-refractivity contribution in [1.29, 1.82) is 0 Å². The second-order valence-electron chi connectivity index (χ2n) is 5.28. The lowest BCUT2D eigenvalue weighted by atomic mass is 10.1. The zero-order valence-corrected chi connectivity index (χ0v) is 11.6. The zero-order valence-electron chi connectivity index (χ0n) is 11.6. The number of likely N-dealkylation sites (tertiary alicyclic amines) is 1. The van der Waals surface area contributed by atoms with Crippen LogP contribution in [0.3, 0.4) is 0 Å². The minimum atomic E-state index is -4.47. The summed E-state index contributed by atoms with van der Waals surface area (Å²) in [6.07, 6.45) is -2.74. The average molecular weight is 299 g/mol. The molecular formula is C15H16F3NO2. The van der Waals surface area contributed by atoms with E-state index < -0.39 is 17.6 Å². The number of ketones is 1. The number of carbonyl (C=O) groups is 2. The van der Waals surface area contributed by atoms with Gasteiger partial charge in [0, 0.05) is 24.6 Å². The van der Waals surface area contributed by atoms with E-state index in [2.05, 4.69) is 0 Å². The van der Waals surface area contributed by atoms with Crippen molar-refractivity contribution >= 4 is 11.7 Å². The molecule has 1 atom stereocenters. The largest absolute Gasteiger partial charge is 0.416 e. The van der Waals surface area contributed by atoms with Crippen molar-refractivity contribution in [2.45, 2.75) is 38.4 Å². The molecule has 1 heterocycles. The minimum Gasteiger partial charge on any atom is -0.335 e. The Morgan fingerprint density at radius 2 is 2.05 bits per heavy atom. The Labute approximate surface area is 120 Å². The first-order chi connectivity index (χ1) is 9.79. The first-order valence-electron chi connectivity index (χ1n) is 6.76. The molecule has 1 unspecified atom stereocenters. The number of nitrogens with zero attached hydrogens (tertiary/aromatic N) is 1. The number of hydrogen-bond acceptors (Lipinski definition) is 2. The van der Waals surface area contributed by atoms with Crippen molar-refractivity contribution in [2.75, 3.05) is 6.54 Å². The van der Waals surface area contributed by atoms with Crippen LogP contribution >= 0.6 is 0 Å².